The monoisotopic (exact) mass is 226 g/mol. The van der Waals surface area contributed by atoms with Crippen LogP contribution in [-0.2, 0) is 9.47 Å². The highest BCUT2D eigenvalue weighted by molar-refractivity contribution is 5.03. The van der Waals surface area contributed by atoms with E-state index in [2.05, 4.69) is 13.8 Å². The summed E-state index contributed by atoms with van der Waals surface area (Å²) in [5.41, 5.74) is 0.262. The van der Waals surface area contributed by atoms with Gasteiger partial charge in [0.2, 0.25) is 0 Å². The molecular weight excluding hydrogens is 200 g/mol. The Bertz CT molecular complexity index is 217. The minimum atomic E-state index is 0.262. The molecule has 94 valence electrons. The van der Waals surface area contributed by atoms with E-state index in [1.54, 1.807) is 0 Å². The molecule has 1 heterocycles. The third-order valence-electron chi connectivity index (χ3n) is 4.13. The molecule has 2 nitrogen and oxygen atoms in total. The summed E-state index contributed by atoms with van der Waals surface area (Å²) in [6.07, 6.45) is 9.52. The molecule has 2 rings (SSSR count). The van der Waals surface area contributed by atoms with E-state index in [0.29, 0.717) is 6.10 Å². The summed E-state index contributed by atoms with van der Waals surface area (Å²) in [7, 11) is 0. The van der Waals surface area contributed by atoms with Crippen LogP contribution in [0, 0.1) is 5.92 Å². The molecule has 2 fully saturated rings. The van der Waals surface area contributed by atoms with Crippen molar-refractivity contribution in [1.29, 1.82) is 0 Å². The van der Waals surface area contributed by atoms with E-state index in [1.165, 1.54) is 44.9 Å². The lowest BCUT2D eigenvalue weighted by Crippen LogP contribution is -2.24. The Labute approximate surface area is 99.7 Å². The van der Waals surface area contributed by atoms with Crippen molar-refractivity contribution in [2.24, 2.45) is 5.92 Å². The molecule has 0 bridgehead atoms. The van der Waals surface area contributed by atoms with Crippen molar-refractivity contribution in [1.82, 2.24) is 0 Å². The average Bonchev–Trinajstić information content (AvgIpc) is 2.94. The second-order valence-corrected chi connectivity index (χ2v) is 5.70. The number of rotatable bonds is 7. The lowest BCUT2D eigenvalue weighted by atomic mass is 9.83. The van der Waals surface area contributed by atoms with E-state index in [0.717, 1.165) is 19.1 Å². The zero-order valence-electron chi connectivity index (χ0n) is 10.8. The highest BCUT2D eigenvalue weighted by Gasteiger charge is 2.55. The molecule has 16 heavy (non-hydrogen) atoms. The topological polar surface area (TPSA) is 21.8 Å². The standard InChI is InChI=1S/C14H26O2/c1-3-4-5-6-9-15-11-12-7-8-14(2)13(10-12)16-14/h12-13H,3-11H2,1-2H3/t12?,13-,14?/m0/s1. The molecule has 2 unspecified atom stereocenters. The van der Waals surface area contributed by atoms with Crippen LogP contribution in [0.3, 0.4) is 0 Å². The van der Waals surface area contributed by atoms with Crippen LogP contribution in [-0.4, -0.2) is 24.9 Å². The Balaban J connectivity index is 1.48. The number of hydrogen-bond acceptors (Lipinski definition) is 2. The normalized spacial score (nSPS) is 37.1. The predicted octanol–water partition coefficient (Wildman–Crippen LogP) is 3.54. The molecule has 1 aliphatic heterocycles. The van der Waals surface area contributed by atoms with Crippen LogP contribution in [0.15, 0.2) is 0 Å². The van der Waals surface area contributed by atoms with Crippen LogP contribution in [0.25, 0.3) is 0 Å². The third-order valence-corrected chi connectivity index (χ3v) is 4.13. The smallest absolute Gasteiger partial charge is 0.0920 e. The zero-order valence-corrected chi connectivity index (χ0v) is 10.8. The first-order valence-corrected chi connectivity index (χ1v) is 7.00. The summed E-state index contributed by atoms with van der Waals surface area (Å²) in [5, 5.41) is 0. The van der Waals surface area contributed by atoms with Gasteiger partial charge in [0.05, 0.1) is 11.7 Å². The summed E-state index contributed by atoms with van der Waals surface area (Å²) >= 11 is 0. The van der Waals surface area contributed by atoms with E-state index in [4.69, 9.17) is 9.47 Å². The highest BCUT2D eigenvalue weighted by Crippen LogP contribution is 2.49. The van der Waals surface area contributed by atoms with Gasteiger partial charge in [0.25, 0.3) is 0 Å². The molecule has 0 aromatic heterocycles. The largest absolute Gasteiger partial charge is 0.381 e. The van der Waals surface area contributed by atoms with Crippen molar-refractivity contribution < 1.29 is 9.47 Å². The maximum Gasteiger partial charge on any atom is 0.0920 e. The molecule has 3 atom stereocenters. The number of hydrogen-bond donors (Lipinski definition) is 0. The quantitative estimate of drug-likeness (QED) is 0.489. The van der Waals surface area contributed by atoms with E-state index in [-0.39, 0.29) is 5.60 Å². The maximum atomic E-state index is 5.76. The summed E-state index contributed by atoms with van der Waals surface area (Å²) in [6.45, 7) is 6.41. The van der Waals surface area contributed by atoms with E-state index in [1.807, 2.05) is 0 Å². The average molecular weight is 226 g/mol. The lowest BCUT2D eigenvalue weighted by Gasteiger charge is -2.22. The van der Waals surface area contributed by atoms with Crippen LogP contribution in [0.5, 0.6) is 0 Å². The van der Waals surface area contributed by atoms with Crippen LogP contribution >= 0.6 is 0 Å². The third kappa shape index (κ3) is 3.21. The van der Waals surface area contributed by atoms with Crippen molar-refractivity contribution in [2.75, 3.05) is 13.2 Å². The first kappa shape index (κ1) is 12.4. The van der Waals surface area contributed by atoms with Crippen molar-refractivity contribution in [3.05, 3.63) is 0 Å². The SMILES string of the molecule is CCCCCCOCC1CCC2(C)O[C@H]2C1. The Morgan fingerprint density at radius 2 is 2.19 bits per heavy atom. The van der Waals surface area contributed by atoms with Gasteiger partial charge in [-0.05, 0) is 38.5 Å². The minimum Gasteiger partial charge on any atom is -0.381 e. The van der Waals surface area contributed by atoms with Crippen LogP contribution in [0.4, 0.5) is 0 Å². The number of epoxide rings is 1. The Morgan fingerprint density at radius 3 is 2.94 bits per heavy atom. The van der Waals surface area contributed by atoms with Crippen molar-refractivity contribution in [3.8, 4) is 0 Å². The summed E-state index contributed by atoms with van der Waals surface area (Å²) in [6, 6.07) is 0. The molecular formula is C14H26O2. The first-order valence-electron chi connectivity index (χ1n) is 7.00. The van der Waals surface area contributed by atoms with E-state index >= 15 is 0 Å². The summed E-state index contributed by atoms with van der Waals surface area (Å²) < 4.78 is 11.5. The maximum absolute atomic E-state index is 5.76. The van der Waals surface area contributed by atoms with Crippen molar-refractivity contribution in [2.45, 2.75) is 70.5 Å². The van der Waals surface area contributed by atoms with Gasteiger partial charge in [-0.15, -0.1) is 0 Å². The first-order chi connectivity index (χ1) is 7.74. The van der Waals surface area contributed by atoms with Gasteiger partial charge in [0.15, 0.2) is 0 Å². The van der Waals surface area contributed by atoms with Crippen molar-refractivity contribution >= 4 is 0 Å². The summed E-state index contributed by atoms with van der Waals surface area (Å²) in [5.74, 6) is 0.756. The van der Waals surface area contributed by atoms with Gasteiger partial charge in [-0.1, -0.05) is 26.2 Å². The molecule has 0 radical (unpaired) electrons. The van der Waals surface area contributed by atoms with Crippen molar-refractivity contribution in [3.63, 3.8) is 0 Å². The van der Waals surface area contributed by atoms with Gasteiger partial charge in [-0.2, -0.15) is 0 Å². The molecule has 0 N–H and O–H groups in total. The Kier molecular flexibility index (Phi) is 4.26. The molecule has 2 aliphatic rings. The fraction of sp³-hybridized carbons (Fsp3) is 1.00. The van der Waals surface area contributed by atoms with Gasteiger partial charge in [-0.3, -0.25) is 0 Å². The summed E-state index contributed by atoms with van der Waals surface area (Å²) in [4.78, 5) is 0. The van der Waals surface area contributed by atoms with Gasteiger partial charge in [-0.25, -0.2) is 0 Å². The molecule has 1 saturated carbocycles. The van der Waals surface area contributed by atoms with Crippen LogP contribution in [0.2, 0.25) is 0 Å². The molecule has 1 aliphatic carbocycles. The molecule has 0 aromatic carbocycles. The fourth-order valence-corrected chi connectivity index (χ4v) is 2.75. The molecule has 0 amide bonds. The number of ether oxygens (including phenoxy) is 2. The fourth-order valence-electron chi connectivity index (χ4n) is 2.75. The molecule has 0 spiro atoms. The van der Waals surface area contributed by atoms with Gasteiger partial charge < -0.3 is 9.47 Å². The van der Waals surface area contributed by atoms with Crippen LogP contribution in [0.1, 0.15) is 58.8 Å². The number of unbranched alkanes of at least 4 members (excludes halogenated alkanes) is 3. The second kappa shape index (κ2) is 5.50. The van der Waals surface area contributed by atoms with E-state index < -0.39 is 0 Å². The number of fused-ring (bicyclic) bond motifs is 1. The molecule has 1 saturated heterocycles. The zero-order chi connectivity index (χ0) is 11.4. The Hall–Kier alpha value is -0.0800. The molecule has 2 heteroatoms. The van der Waals surface area contributed by atoms with Gasteiger partial charge in [0, 0.05) is 13.2 Å². The van der Waals surface area contributed by atoms with Gasteiger partial charge >= 0.3 is 0 Å². The van der Waals surface area contributed by atoms with Crippen LogP contribution < -0.4 is 0 Å². The Morgan fingerprint density at radius 1 is 1.31 bits per heavy atom. The second-order valence-electron chi connectivity index (χ2n) is 5.70. The highest BCUT2D eigenvalue weighted by atomic mass is 16.6. The minimum absolute atomic E-state index is 0.262. The van der Waals surface area contributed by atoms with Gasteiger partial charge in [0.1, 0.15) is 0 Å². The lowest BCUT2D eigenvalue weighted by molar-refractivity contribution is 0.0833. The predicted molar refractivity (Wildman–Crippen MR) is 65.6 cm³/mol. The molecule has 0 aromatic rings. The van der Waals surface area contributed by atoms with E-state index in [9.17, 15) is 0 Å².